The number of fused-ring (bicyclic) bond motifs is 5. The van der Waals surface area contributed by atoms with Crippen molar-refractivity contribution in [1.82, 2.24) is 0 Å². The molecule has 0 spiro atoms. The highest BCUT2D eigenvalue weighted by molar-refractivity contribution is 7.65. The van der Waals surface area contributed by atoms with E-state index in [1.807, 2.05) is 0 Å². The summed E-state index contributed by atoms with van der Waals surface area (Å²) in [7, 11) is 0. The Bertz CT molecular complexity index is 284. The molecule has 4 heteroatoms. The molecule has 0 aliphatic heterocycles. The lowest BCUT2D eigenvalue weighted by atomic mass is 9.86. The highest BCUT2D eigenvalue weighted by Gasteiger charge is 2.57. The van der Waals surface area contributed by atoms with Crippen LogP contribution in [0.1, 0.15) is 19.3 Å². The van der Waals surface area contributed by atoms with Gasteiger partial charge in [0.2, 0.25) is 0 Å². The zero-order valence-corrected chi connectivity index (χ0v) is 11.1. The minimum atomic E-state index is -2.46. The first kappa shape index (κ1) is 10.0. The molecule has 2 bridgehead atoms. The number of hydrogen-bond acceptors (Lipinski definition) is 0. The normalized spacial score (nSPS) is 50.1. The fourth-order valence-electron chi connectivity index (χ4n) is 3.91. The van der Waals surface area contributed by atoms with Gasteiger partial charge in [-0.3, -0.25) is 0 Å². The van der Waals surface area contributed by atoms with Crippen LogP contribution in [0.3, 0.4) is 0 Å². The van der Waals surface area contributed by atoms with Gasteiger partial charge in [0.1, 0.15) is 0 Å². The third-order valence-electron chi connectivity index (χ3n) is 4.38. The molecule has 0 nitrogen and oxygen atoms in total. The molecule has 78 valence electrons. The summed E-state index contributed by atoms with van der Waals surface area (Å²) in [6, 6.07) is -2.46. The molecular formula is C10H13Cl3Si. The van der Waals surface area contributed by atoms with Gasteiger partial charge >= 0.3 is 6.00 Å². The Labute approximate surface area is 99.7 Å². The van der Waals surface area contributed by atoms with Crippen LogP contribution in [0.25, 0.3) is 0 Å². The van der Waals surface area contributed by atoms with Gasteiger partial charge in [0.15, 0.2) is 0 Å². The van der Waals surface area contributed by atoms with E-state index >= 15 is 0 Å². The molecule has 3 rings (SSSR count). The summed E-state index contributed by atoms with van der Waals surface area (Å²) < 4.78 is 0. The first-order valence-electron chi connectivity index (χ1n) is 5.32. The van der Waals surface area contributed by atoms with Gasteiger partial charge in [-0.05, 0) is 48.5 Å². The average molecular weight is 268 g/mol. The molecule has 0 aromatic heterocycles. The molecular weight excluding hydrogens is 255 g/mol. The van der Waals surface area contributed by atoms with Gasteiger partial charge in [0.05, 0.1) is 0 Å². The van der Waals surface area contributed by atoms with E-state index in [-0.39, 0.29) is 0 Å². The molecule has 0 aromatic rings. The van der Waals surface area contributed by atoms with E-state index in [0.29, 0.717) is 11.5 Å². The van der Waals surface area contributed by atoms with Crippen molar-refractivity contribution >= 4 is 39.2 Å². The summed E-state index contributed by atoms with van der Waals surface area (Å²) in [5.41, 5.74) is 0.428. The molecule has 0 aromatic carbocycles. The molecule has 0 radical (unpaired) electrons. The van der Waals surface area contributed by atoms with Gasteiger partial charge in [0.25, 0.3) is 0 Å². The van der Waals surface area contributed by atoms with E-state index in [9.17, 15) is 0 Å². The van der Waals surface area contributed by atoms with Crippen molar-refractivity contribution in [2.75, 3.05) is 0 Å². The summed E-state index contributed by atoms with van der Waals surface area (Å²) in [5.74, 6) is 3.11. The molecule has 0 amide bonds. The van der Waals surface area contributed by atoms with E-state index in [0.717, 1.165) is 24.2 Å². The summed E-state index contributed by atoms with van der Waals surface area (Å²) in [5, 5.41) is 0. The van der Waals surface area contributed by atoms with Gasteiger partial charge < -0.3 is 0 Å². The van der Waals surface area contributed by atoms with Crippen LogP contribution in [0, 0.1) is 23.7 Å². The van der Waals surface area contributed by atoms with Crippen LogP contribution in [0.15, 0.2) is 12.2 Å². The molecule has 2 saturated carbocycles. The monoisotopic (exact) mass is 266 g/mol. The van der Waals surface area contributed by atoms with Crippen LogP contribution >= 0.6 is 33.2 Å². The molecule has 2 fully saturated rings. The fraction of sp³-hybridized carbons (Fsp3) is 0.800. The minimum Gasteiger partial charge on any atom is -0.126 e. The molecule has 0 heterocycles. The molecule has 0 N–H and O–H groups in total. The van der Waals surface area contributed by atoms with E-state index in [1.54, 1.807) is 0 Å². The predicted octanol–water partition coefficient (Wildman–Crippen LogP) is 4.24. The van der Waals surface area contributed by atoms with Crippen molar-refractivity contribution < 1.29 is 0 Å². The van der Waals surface area contributed by atoms with Gasteiger partial charge in [0, 0.05) is 0 Å². The molecule has 3 aliphatic carbocycles. The Morgan fingerprint density at radius 1 is 1.00 bits per heavy atom. The Kier molecular flexibility index (Phi) is 2.26. The lowest BCUT2D eigenvalue weighted by Crippen LogP contribution is -2.28. The second-order valence-electron chi connectivity index (χ2n) is 4.91. The van der Waals surface area contributed by atoms with Crippen molar-refractivity contribution in [1.29, 1.82) is 0 Å². The van der Waals surface area contributed by atoms with Crippen LogP contribution in [-0.4, -0.2) is 6.00 Å². The fourth-order valence-corrected chi connectivity index (χ4v) is 7.63. The number of halogens is 3. The maximum absolute atomic E-state index is 6.19. The molecule has 3 aliphatic rings. The third-order valence-corrected chi connectivity index (χ3v) is 8.42. The summed E-state index contributed by atoms with van der Waals surface area (Å²) in [4.78, 5) is 0. The first-order valence-corrected chi connectivity index (χ1v) is 10.4. The quantitative estimate of drug-likeness (QED) is 0.379. The lowest BCUT2D eigenvalue weighted by molar-refractivity contribution is 0.363. The van der Waals surface area contributed by atoms with Crippen LogP contribution in [0.5, 0.6) is 0 Å². The largest absolute Gasteiger partial charge is 0.344 e. The van der Waals surface area contributed by atoms with Gasteiger partial charge in [-0.15, -0.1) is 33.2 Å². The van der Waals surface area contributed by atoms with E-state index in [2.05, 4.69) is 12.2 Å². The molecule has 14 heavy (non-hydrogen) atoms. The van der Waals surface area contributed by atoms with Gasteiger partial charge in [-0.2, -0.15) is 0 Å². The van der Waals surface area contributed by atoms with E-state index < -0.39 is 6.00 Å². The Balaban J connectivity index is 1.89. The van der Waals surface area contributed by atoms with Gasteiger partial charge in [-0.1, -0.05) is 12.2 Å². The second kappa shape index (κ2) is 3.16. The van der Waals surface area contributed by atoms with E-state index in [4.69, 9.17) is 33.2 Å². The van der Waals surface area contributed by atoms with Crippen molar-refractivity contribution in [3.63, 3.8) is 0 Å². The highest BCUT2D eigenvalue weighted by atomic mass is 35.8. The summed E-state index contributed by atoms with van der Waals surface area (Å²) >= 11 is 18.6. The molecule has 0 saturated heterocycles. The first-order chi connectivity index (χ1) is 6.57. The number of hydrogen-bond donors (Lipinski definition) is 0. The van der Waals surface area contributed by atoms with Crippen LogP contribution in [-0.2, 0) is 0 Å². The zero-order valence-electron chi connectivity index (χ0n) is 7.80. The summed E-state index contributed by atoms with van der Waals surface area (Å²) in [6.07, 6.45) is 8.55. The van der Waals surface area contributed by atoms with Gasteiger partial charge in [-0.25, -0.2) is 0 Å². The van der Waals surface area contributed by atoms with Crippen molar-refractivity contribution in [2.24, 2.45) is 23.7 Å². The van der Waals surface area contributed by atoms with Crippen LogP contribution < -0.4 is 0 Å². The standard InChI is InChI=1S/C10H13Cl3Si/c11-14(12,13)9-4-3-8-6-1-2-7(5-6)10(8)9/h1-2,6-10H,3-5H2. The minimum absolute atomic E-state index is 0.428. The summed E-state index contributed by atoms with van der Waals surface area (Å²) in [6.45, 7) is 0. The van der Waals surface area contributed by atoms with Crippen molar-refractivity contribution in [3.8, 4) is 0 Å². The topological polar surface area (TPSA) is 0 Å². The van der Waals surface area contributed by atoms with Crippen LogP contribution in [0.4, 0.5) is 0 Å². The third kappa shape index (κ3) is 1.32. The predicted molar refractivity (Wildman–Crippen MR) is 64.0 cm³/mol. The van der Waals surface area contributed by atoms with E-state index in [1.165, 1.54) is 12.8 Å². The highest BCUT2D eigenvalue weighted by Crippen LogP contribution is 2.63. The Morgan fingerprint density at radius 2 is 1.71 bits per heavy atom. The van der Waals surface area contributed by atoms with Crippen LogP contribution in [0.2, 0.25) is 5.54 Å². The van der Waals surface area contributed by atoms with Crippen molar-refractivity contribution in [2.45, 2.75) is 24.8 Å². The lowest BCUT2D eigenvalue weighted by Gasteiger charge is -2.28. The molecule has 5 unspecified atom stereocenters. The number of allylic oxidation sites excluding steroid dienone is 2. The van der Waals surface area contributed by atoms with Crippen molar-refractivity contribution in [3.05, 3.63) is 12.2 Å². The zero-order chi connectivity index (χ0) is 9.92. The smallest absolute Gasteiger partial charge is 0.126 e. The Hall–Kier alpha value is 0.827. The number of rotatable bonds is 1. The Morgan fingerprint density at radius 3 is 2.43 bits per heavy atom. The second-order valence-corrected chi connectivity index (χ2v) is 13.8. The maximum atomic E-state index is 6.19. The SMILES string of the molecule is Cl[Si](Cl)(Cl)C1CCC2C3C=CC(C3)C21. The molecule has 5 atom stereocenters. The maximum Gasteiger partial charge on any atom is 0.344 e. The average Bonchev–Trinajstić information content (AvgIpc) is 2.74.